The predicted octanol–water partition coefficient (Wildman–Crippen LogP) is 1.55. The summed E-state index contributed by atoms with van der Waals surface area (Å²) >= 11 is 0. The number of rotatable bonds is 7. The van der Waals surface area contributed by atoms with Crippen molar-refractivity contribution in [1.29, 1.82) is 0 Å². The van der Waals surface area contributed by atoms with Gasteiger partial charge in [0.05, 0.1) is 19.2 Å². The van der Waals surface area contributed by atoms with Gasteiger partial charge in [0.25, 0.3) is 0 Å². The van der Waals surface area contributed by atoms with Crippen molar-refractivity contribution in [2.75, 3.05) is 37.8 Å². The molecule has 6 nitrogen and oxygen atoms in total. The summed E-state index contributed by atoms with van der Waals surface area (Å²) in [4.78, 5) is 25.0. The van der Waals surface area contributed by atoms with E-state index in [9.17, 15) is 14.7 Å². The third-order valence-corrected chi connectivity index (χ3v) is 4.17. The molecule has 0 N–H and O–H groups in total. The maximum atomic E-state index is 12.3. The standard InChI is InChI=1S/C21H21NO5/c23-20(17-2-1-3-19(14-17)27-15-21(24)25)9-6-16-4-7-18(8-5-16)22-10-12-26-13-11-22/h1-9,14H,10-13,15H2,(H,24,25)/p-1/b9-6+. The number of hydrogen-bond acceptors (Lipinski definition) is 6. The van der Waals surface area contributed by atoms with Gasteiger partial charge in [-0.05, 0) is 35.9 Å². The second kappa shape index (κ2) is 9.00. The van der Waals surface area contributed by atoms with Crippen LogP contribution < -0.4 is 14.7 Å². The van der Waals surface area contributed by atoms with Crippen molar-refractivity contribution in [1.82, 2.24) is 0 Å². The van der Waals surface area contributed by atoms with Crippen LogP contribution in [0, 0.1) is 0 Å². The lowest BCUT2D eigenvalue weighted by molar-refractivity contribution is -0.307. The summed E-state index contributed by atoms with van der Waals surface area (Å²) in [5.41, 5.74) is 2.48. The third-order valence-electron chi connectivity index (χ3n) is 4.17. The predicted molar refractivity (Wildman–Crippen MR) is 99.8 cm³/mol. The Morgan fingerprint density at radius 3 is 2.56 bits per heavy atom. The number of carboxylic acids is 1. The van der Waals surface area contributed by atoms with E-state index < -0.39 is 12.6 Å². The molecule has 140 valence electrons. The highest BCUT2D eigenvalue weighted by Gasteiger charge is 2.10. The number of allylic oxidation sites excluding steroid dienone is 1. The molecule has 27 heavy (non-hydrogen) atoms. The molecule has 6 heteroatoms. The molecule has 0 bridgehead atoms. The van der Waals surface area contributed by atoms with Crippen LogP contribution in [0.4, 0.5) is 5.69 Å². The van der Waals surface area contributed by atoms with Crippen LogP contribution in [-0.2, 0) is 9.53 Å². The first-order chi connectivity index (χ1) is 13.1. The number of carboxylic acid groups (broad SMARTS) is 1. The van der Waals surface area contributed by atoms with E-state index in [4.69, 9.17) is 9.47 Å². The van der Waals surface area contributed by atoms with Gasteiger partial charge in [-0.1, -0.05) is 30.3 Å². The summed E-state index contributed by atoms with van der Waals surface area (Å²) < 4.78 is 10.4. The van der Waals surface area contributed by atoms with Crippen LogP contribution in [0.1, 0.15) is 15.9 Å². The first kappa shape index (κ1) is 18.7. The summed E-state index contributed by atoms with van der Waals surface area (Å²) in [6.45, 7) is 2.68. The summed E-state index contributed by atoms with van der Waals surface area (Å²) in [6, 6.07) is 14.4. The number of nitrogens with zero attached hydrogens (tertiary/aromatic N) is 1. The molecule has 1 saturated heterocycles. The second-order valence-corrected chi connectivity index (χ2v) is 6.08. The first-order valence-corrected chi connectivity index (χ1v) is 8.70. The van der Waals surface area contributed by atoms with Crippen molar-refractivity contribution >= 4 is 23.5 Å². The number of hydrogen-bond donors (Lipinski definition) is 0. The molecule has 0 radical (unpaired) electrons. The van der Waals surface area contributed by atoms with Gasteiger partial charge < -0.3 is 24.3 Å². The number of morpholine rings is 1. The minimum Gasteiger partial charge on any atom is -0.546 e. The Labute approximate surface area is 157 Å². The Balaban J connectivity index is 1.62. The number of aliphatic carboxylic acids is 1. The van der Waals surface area contributed by atoms with Gasteiger partial charge in [-0.15, -0.1) is 0 Å². The SMILES string of the molecule is O=C([O-])COc1cccc(C(=O)/C=C/c2ccc(N3CCOCC3)cc2)c1. The third kappa shape index (κ3) is 5.43. The van der Waals surface area contributed by atoms with Gasteiger partial charge in [-0.3, -0.25) is 4.79 Å². The fraction of sp³-hybridized carbons (Fsp3) is 0.238. The highest BCUT2D eigenvalue weighted by atomic mass is 16.5. The highest BCUT2D eigenvalue weighted by Crippen LogP contribution is 2.18. The molecule has 0 atom stereocenters. The Bertz CT molecular complexity index is 823. The fourth-order valence-electron chi connectivity index (χ4n) is 2.77. The van der Waals surface area contributed by atoms with Crippen molar-refractivity contribution in [2.45, 2.75) is 0 Å². The van der Waals surface area contributed by atoms with Crippen molar-refractivity contribution in [3.8, 4) is 5.75 Å². The minimum atomic E-state index is -1.31. The Morgan fingerprint density at radius 1 is 1.11 bits per heavy atom. The van der Waals surface area contributed by atoms with Crippen LogP contribution in [0.2, 0.25) is 0 Å². The Kier molecular flexibility index (Phi) is 6.22. The molecule has 0 aromatic heterocycles. The highest BCUT2D eigenvalue weighted by molar-refractivity contribution is 6.07. The van der Waals surface area contributed by atoms with Crippen molar-refractivity contribution in [3.05, 3.63) is 65.7 Å². The summed E-state index contributed by atoms with van der Waals surface area (Å²) in [5.74, 6) is -1.19. The van der Waals surface area contributed by atoms with Gasteiger partial charge in [0.15, 0.2) is 5.78 Å². The molecule has 1 heterocycles. The van der Waals surface area contributed by atoms with E-state index in [1.165, 1.54) is 12.1 Å². The zero-order valence-electron chi connectivity index (χ0n) is 14.8. The Hall–Kier alpha value is -3.12. The average Bonchev–Trinajstić information content (AvgIpc) is 2.72. The van der Waals surface area contributed by atoms with Crippen LogP contribution in [0.25, 0.3) is 6.08 Å². The van der Waals surface area contributed by atoms with Gasteiger partial charge >= 0.3 is 0 Å². The summed E-state index contributed by atoms with van der Waals surface area (Å²) in [6.07, 6.45) is 3.24. The van der Waals surface area contributed by atoms with E-state index in [-0.39, 0.29) is 5.78 Å². The number of ketones is 1. The van der Waals surface area contributed by atoms with Crippen molar-refractivity contribution in [2.24, 2.45) is 0 Å². The molecule has 1 aliphatic rings. The lowest BCUT2D eigenvalue weighted by atomic mass is 10.1. The fourth-order valence-corrected chi connectivity index (χ4v) is 2.77. The molecule has 0 spiro atoms. The van der Waals surface area contributed by atoms with Crippen LogP contribution in [-0.4, -0.2) is 44.7 Å². The summed E-state index contributed by atoms with van der Waals surface area (Å²) in [7, 11) is 0. The van der Waals surface area contributed by atoms with E-state index in [0.29, 0.717) is 11.3 Å². The van der Waals surface area contributed by atoms with Gasteiger partial charge in [-0.25, -0.2) is 0 Å². The average molecular weight is 366 g/mol. The van der Waals surface area contributed by atoms with Gasteiger partial charge in [0, 0.05) is 24.3 Å². The molecular weight excluding hydrogens is 346 g/mol. The van der Waals surface area contributed by atoms with Crippen LogP contribution in [0.5, 0.6) is 5.75 Å². The zero-order chi connectivity index (χ0) is 19.1. The minimum absolute atomic E-state index is 0.189. The monoisotopic (exact) mass is 366 g/mol. The molecule has 2 aromatic carbocycles. The molecule has 0 saturated carbocycles. The number of carbonyl (C=O) groups excluding carboxylic acids is 2. The van der Waals surface area contributed by atoms with Crippen LogP contribution in [0.15, 0.2) is 54.6 Å². The molecule has 1 fully saturated rings. The van der Waals surface area contributed by atoms with Crippen molar-refractivity contribution in [3.63, 3.8) is 0 Å². The van der Waals surface area contributed by atoms with Crippen LogP contribution >= 0.6 is 0 Å². The lowest BCUT2D eigenvalue weighted by Gasteiger charge is -2.28. The lowest BCUT2D eigenvalue weighted by Crippen LogP contribution is -2.36. The topological polar surface area (TPSA) is 78.9 Å². The molecule has 2 aromatic rings. The maximum Gasteiger partial charge on any atom is 0.185 e. The van der Waals surface area contributed by atoms with E-state index >= 15 is 0 Å². The van der Waals surface area contributed by atoms with E-state index in [1.807, 2.05) is 24.3 Å². The number of benzene rings is 2. The quantitative estimate of drug-likeness (QED) is 0.546. The van der Waals surface area contributed by atoms with E-state index in [1.54, 1.807) is 24.3 Å². The normalized spacial score (nSPS) is 14.3. The first-order valence-electron chi connectivity index (χ1n) is 8.70. The zero-order valence-corrected chi connectivity index (χ0v) is 14.8. The Morgan fingerprint density at radius 2 is 1.85 bits per heavy atom. The van der Waals surface area contributed by atoms with E-state index in [2.05, 4.69) is 4.90 Å². The van der Waals surface area contributed by atoms with Gasteiger partial charge in [0.2, 0.25) is 0 Å². The number of anilines is 1. The van der Waals surface area contributed by atoms with Gasteiger partial charge in [-0.2, -0.15) is 0 Å². The van der Waals surface area contributed by atoms with Crippen LogP contribution in [0.3, 0.4) is 0 Å². The molecule has 0 unspecified atom stereocenters. The molecule has 1 aliphatic heterocycles. The maximum absolute atomic E-state index is 12.3. The van der Waals surface area contributed by atoms with E-state index in [0.717, 1.165) is 37.6 Å². The summed E-state index contributed by atoms with van der Waals surface area (Å²) in [5, 5.41) is 10.5. The number of ether oxygens (including phenoxy) is 2. The van der Waals surface area contributed by atoms with Gasteiger partial charge in [0.1, 0.15) is 12.4 Å². The molecular formula is C21H20NO5-. The molecule has 0 amide bonds. The molecule has 0 aliphatic carbocycles. The number of carbonyl (C=O) groups is 2. The second-order valence-electron chi connectivity index (χ2n) is 6.08. The van der Waals surface area contributed by atoms with Crippen molar-refractivity contribution < 1.29 is 24.2 Å². The smallest absolute Gasteiger partial charge is 0.185 e. The largest absolute Gasteiger partial charge is 0.546 e. The molecule has 3 rings (SSSR count).